The maximum absolute atomic E-state index is 12.4. The van der Waals surface area contributed by atoms with Crippen molar-refractivity contribution in [3.8, 4) is 17.2 Å². The fourth-order valence-electron chi connectivity index (χ4n) is 2.49. The Balaban J connectivity index is 1.37. The van der Waals surface area contributed by atoms with Crippen LogP contribution >= 0.6 is 11.3 Å². The first-order chi connectivity index (χ1) is 12.7. The largest absolute Gasteiger partial charge is 0.486 e. The highest BCUT2D eigenvalue weighted by Gasteiger charge is 2.14. The molecule has 1 aliphatic rings. The van der Waals surface area contributed by atoms with Crippen LogP contribution in [0.1, 0.15) is 21.1 Å². The van der Waals surface area contributed by atoms with Crippen LogP contribution < -0.4 is 19.5 Å². The topological polar surface area (TPSA) is 69.7 Å². The van der Waals surface area contributed by atoms with E-state index in [2.05, 4.69) is 10.3 Å². The maximum atomic E-state index is 12.4. The molecule has 0 fully saturated rings. The van der Waals surface area contributed by atoms with E-state index in [9.17, 15) is 4.79 Å². The summed E-state index contributed by atoms with van der Waals surface area (Å²) in [5.74, 6) is 1.80. The Morgan fingerprint density at radius 3 is 2.77 bits per heavy atom. The summed E-state index contributed by atoms with van der Waals surface area (Å²) in [6, 6.07) is 12.3. The zero-order valence-electron chi connectivity index (χ0n) is 14.0. The monoisotopic (exact) mass is 368 g/mol. The van der Waals surface area contributed by atoms with Crippen LogP contribution in [-0.4, -0.2) is 17.7 Å². The van der Waals surface area contributed by atoms with E-state index in [0.29, 0.717) is 35.1 Å². The highest BCUT2D eigenvalue weighted by molar-refractivity contribution is 7.09. The smallest absolute Gasteiger partial charge is 0.255 e. The molecule has 0 saturated carbocycles. The van der Waals surface area contributed by atoms with Crippen LogP contribution in [0.15, 0.2) is 47.8 Å². The molecule has 1 aliphatic heterocycles. The molecule has 7 heteroatoms. The van der Waals surface area contributed by atoms with Crippen LogP contribution in [0.25, 0.3) is 0 Å². The number of carbonyl (C=O) groups excluding carboxylic acids is 1. The number of aryl methyl sites for hydroxylation is 1. The average molecular weight is 368 g/mol. The molecule has 6 nitrogen and oxygen atoms in total. The van der Waals surface area contributed by atoms with Gasteiger partial charge in [-0.1, -0.05) is 0 Å². The summed E-state index contributed by atoms with van der Waals surface area (Å²) < 4.78 is 16.3. The van der Waals surface area contributed by atoms with E-state index in [4.69, 9.17) is 14.2 Å². The molecule has 0 saturated heterocycles. The van der Waals surface area contributed by atoms with Crippen molar-refractivity contribution in [1.29, 1.82) is 0 Å². The minimum Gasteiger partial charge on any atom is -0.486 e. The molecule has 132 valence electrons. The highest BCUT2D eigenvalue weighted by Crippen LogP contribution is 2.34. The van der Waals surface area contributed by atoms with Crippen molar-refractivity contribution >= 4 is 22.9 Å². The number of benzene rings is 2. The van der Waals surface area contributed by atoms with Crippen LogP contribution in [0.5, 0.6) is 17.2 Å². The Bertz CT molecular complexity index is 937. The van der Waals surface area contributed by atoms with Gasteiger partial charge < -0.3 is 19.5 Å². The molecular formula is C19H16N2O4S. The summed E-state index contributed by atoms with van der Waals surface area (Å²) in [6.45, 7) is 2.57. The van der Waals surface area contributed by atoms with Gasteiger partial charge in [0.15, 0.2) is 11.5 Å². The van der Waals surface area contributed by atoms with Crippen molar-refractivity contribution in [3.05, 3.63) is 64.1 Å². The van der Waals surface area contributed by atoms with Gasteiger partial charge in [0.25, 0.3) is 5.91 Å². The van der Waals surface area contributed by atoms with Crippen LogP contribution in [0.2, 0.25) is 0 Å². The summed E-state index contributed by atoms with van der Waals surface area (Å²) in [6.07, 6.45) is 0. The Kier molecular flexibility index (Phi) is 4.45. The third-order valence-electron chi connectivity index (χ3n) is 3.78. The number of hydrogen-bond donors (Lipinski definition) is 1. The lowest BCUT2D eigenvalue weighted by Gasteiger charge is -2.08. The number of thiazole rings is 1. The second-order valence-electron chi connectivity index (χ2n) is 5.72. The van der Waals surface area contributed by atoms with Crippen molar-refractivity contribution < 1.29 is 19.0 Å². The Hall–Kier alpha value is -3.06. The SMILES string of the molecule is Cc1csc(COc2ccc(C(=O)Nc3ccc4c(c3)OCO4)cc2)n1. The lowest BCUT2D eigenvalue weighted by molar-refractivity contribution is 0.102. The Morgan fingerprint density at radius 1 is 1.19 bits per heavy atom. The number of ether oxygens (including phenoxy) is 3. The molecule has 1 N–H and O–H groups in total. The Labute approximate surface area is 154 Å². The minimum absolute atomic E-state index is 0.203. The lowest BCUT2D eigenvalue weighted by atomic mass is 10.2. The van der Waals surface area contributed by atoms with E-state index in [1.165, 1.54) is 0 Å². The van der Waals surface area contributed by atoms with Gasteiger partial charge in [-0.25, -0.2) is 4.98 Å². The number of nitrogens with one attached hydrogen (secondary N) is 1. The number of anilines is 1. The predicted molar refractivity (Wildman–Crippen MR) is 98.1 cm³/mol. The van der Waals surface area contributed by atoms with E-state index in [1.807, 2.05) is 12.3 Å². The number of amides is 1. The van der Waals surface area contributed by atoms with Gasteiger partial charge in [-0.2, -0.15) is 0 Å². The number of fused-ring (bicyclic) bond motifs is 1. The second kappa shape index (κ2) is 7.05. The number of aromatic nitrogens is 1. The van der Waals surface area contributed by atoms with Crippen molar-refractivity contribution in [2.75, 3.05) is 12.1 Å². The maximum Gasteiger partial charge on any atom is 0.255 e. The van der Waals surface area contributed by atoms with Crippen molar-refractivity contribution in [3.63, 3.8) is 0 Å². The first-order valence-electron chi connectivity index (χ1n) is 8.02. The van der Waals surface area contributed by atoms with Crippen molar-refractivity contribution in [2.24, 2.45) is 0 Å². The van der Waals surface area contributed by atoms with Crippen LogP contribution in [0.3, 0.4) is 0 Å². The molecule has 1 aromatic heterocycles. The number of carbonyl (C=O) groups is 1. The molecule has 0 spiro atoms. The molecule has 1 amide bonds. The van der Waals surface area contributed by atoms with E-state index in [-0.39, 0.29) is 12.7 Å². The standard InChI is InChI=1S/C19H16N2O4S/c1-12-10-26-18(20-12)9-23-15-5-2-13(3-6-15)19(22)21-14-4-7-16-17(8-14)25-11-24-16/h2-8,10H,9,11H2,1H3,(H,21,22). The molecule has 0 atom stereocenters. The fourth-order valence-corrected chi connectivity index (χ4v) is 3.18. The number of hydrogen-bond acceptors (Lipinski definition) is 6. The van der Waals surface area contributed by atoms with Gasteiger partial charge in [-0.05, 0) is 43.3 Å². The first kappa shape index (κ1) is 16.4. The number of rotatable bonds is 5. The zero-order chi connectivity index (χ0) is 17.9. The Morgan fingerprint density at radius 2 is 2.00 bits per heavy atom. The third-order valence-corrected chi connectivity index (χ3v) is 4.72. The molecule has 2 aromatic carbocycles. The van der Waals surface area contributed by atoms with Crippen LogP contribution in [0, 0.1) is 6.92 Å². The molecule has 3 aromatic rings. The molecule has 0 bridgehead atoms. The van der Waals surface area contributed by atoms with E-state index in [1.54, 1.807) is 53.8 Å². The summed E-state index contributed by atoms with van der Waals surface area (Å²) >= 11 is 1.57. The van der Waals surface area contributed by atoms with E-state index < -0.39 is 0 Å². The molecule has 0 radical (unpaired) electrons. The quantitative estimate of drug-likeness (QED) is 0.737. The van der Waals surface area contributed by atoms with Crippen molar-refractivity contribution in [2.45, 2.75) is 13.5 Å². The van der Waals surface area contributed by atoms with Gasteiger partial charge in [0.1, 0.15) is 17.4 Å². The van der Waals surface area contributed by atoms with Crippen molar-refractivity contribution in [1.82, 2.24) is 4.98 Å². The van der Waals surface area contributed by atoms with E-state index >= 15 is 0 Å². The molecule has 26 heavy (non-hydrogen) atoms. The van der Waals surface area contributed by atoms with Crippen LogP contribution in [0.4, 0.5) is 5.69 Å². The third kappa shape index (κ3) is 3.62. The summed E-state index contributed by atoms with van der Waals surface area (Å²) in [4.78, 5) is 16.7. The molecule has 0 unspecified atom stereocenters. The number of nitrogens with zero attached hydrogens (tertiary/aromatic N) is 1. The zero-order valence-corrected chi connectivity index (χ0v) is 14.8. The second-order valence-corrected chi connectivity index (χ2v) is 6.66. The highest BCUT2D eigenvalue weighted by atomic mass is 32.1. The van der Waals surface area contributed by atoms with E-state index in [0.717, 1.165) is 10.7 Å². The summed E-state index contributed by atoms with van der Waals surface area (Å²) in [5.41, 5.74) is 2.18. The summed E-state index contributed by atoms with van der Waals surface area (Å²) in [5, 5.41) is 5.76. The van der Waals surface area contributed by atoms with Gasteiger partial charge in [-0.15, -0.1) is 11.3 Å². The van der Waals surface area contributed by atoms with Gasteiger partial charge in [-0.3, -0.25) is 4.79 Å². The van der Waals surface area contributed by atoms with Gasteiger partial charge in [0.2, 0.25) is 6.79 Å². The average Bonchev–Trinajstić information content (AvgIpc) is 3.28. The lowest BCUT2D eigenvalue weighted by Crippen LogP contribution is -2.11. The molecule has 2 heterocycles. The summed E-state index contributed by atoms with van der Waals surface area (Å²) in [7, 11) is 0. The molecule has 4 rings (SSSR count). The predicted octanol–water partition coefficient (Wildman–Crippen LogP) is 4.01. The van der Waals surface area contributed by atoms with Crippen LogP contribution in [-0.2, 0) is 6.61 Å². The molecular weight excluding hydrogens is 352 g/mol. The fraction of sp³-hybridized carbons (Fsp3) is 0.158. The minimum atomic E-state index is -0.203. The normalized spacial score (nSPS) is 12.0. The van der Waals surface area contributed by atoms with Gasteiger partial charge in [0, 0.05) is 28.4 Å². The first-order valence-corrected chi connectivity index (χ1v) is 8.90. The van der Waals surface area contributed by atoms with Gasteiger partial charge in [0.05, 0.1) is 0 Å². The molecule has 0 aliphatic carbocycles. The van der Waals surface area contributed by atoms with Gasteiger partial charge >= 0.3 is 0 Å².